The Hall–Kier alpha value is -1.26. The quantitative estimate of drug-likeness (QED) is 0.864. The normalized spacial score (nSPS) is 19.9. The first-order chi connectivity index (χ1) is 8.24. The van der Waals surface area contributed by atoms with Crippen LogP contribution < -0.4 is 10.2 Å². The highest BCUT2D eigenvalue weighted by Crippen LogP contribution is 2.29. The molecule has 3 nitrogen and oxygen atoms in total. The topological polar surface area (TPSA) is 28.4 Å². The molecule has 0 amide bonds. The number of fused-ring (bicyclic) bond motifs is 1. The summed E-state index contributed by atoms with van der Waals surface area (Å²) in [5, 5.41) is 4.20. The summed E-state index contributed by atoms with van der Waals surface area (Å²) < 4.78 is 19.0. The van der Waals surface area contributed by atoms with E-state index in [1.807, 2.05) is 0 Å². The summed E-state index contributed by atoms with van der Waals surface area (Å²) in [6, 6.07) is 5.28. The summed E-state index contributed by atoms with van der Waals surface area (Å²) in [5.41, 5.74) is 1.64. The van der Waals surface area contributed by atoms with E-state index in [0.29, 0.717) is 6.04 Å². The number of halogens is 2. The van der Waals surface area contributed by atoms with Gasteiger partial charge in [0.05, 0.1) is 12.0 Å². The van der Waals surface area contributed by atoms with Gasteiger partial charge in [-0.05, 0) is 19.1 Å². The summed E-state index contributed by atoms with van der Waals surface area (Å²) in [4.78, 5) is 2.18. The van der Waals surface area contributed by atoms with Crippen molar-refractivity contribution in [3.8, 4) is 0 Å². The molecule has 1 atom stereocenters. The molecule has 1 saturated heterocycles. The van der Waals surface area contributed by atoms with Crippen LogP contribution in [0.3, 0.4) is 0 Å². The van der Waals surface area contributed by atoms with Crippen molar-refractivity contribution in [2.45, 2.75) is 13.0 Å². The molecule has 0 aliphatic carbocycles. The lowest BCUT2D eigenvalue weighted by Gasteiger charge is -2.33. The molecule has 0 spiro atoms. The monoisotopic (exact) mass is 270 g/mol. The summed E-state index contributed by atoms with van der Waals surface area (Å²) in [6.07, 6.45) is 1.61. The van der Waals surface area contributed by atoms with Gasteiger partial charge in [0.25, 0.3) is 0 Å². The molecule has 2 aromatic rings. The second-order valence-electron chi connectivity index (χ2n) is 4.57. The highest BCUT2D eigenvalue weighted by Gasteiger charge is 2.19. The predicted octanol–water partition coefficient (Wildman–Crippen LogP) is 2.79. The average Bonchev–Trinajstić information content (AvgIpc) is 2.75. The molecule has 0 radical (unpaired) electrons. The van der Waals surface area contributed by atoms with Gasteiger partial charge in [-0.3, -0.25) is 0 Å². The molecule has 0 saturated carbocycles. The maximum absolute atomic E-state index is 13.5. The van der Waals surface area contributed by atoms with Crippen molar-refractivity contribution >= 4 is 29.1 Å². The Kier molecular flexibility index (Phi) is 3.78. The number of piperazine rings is 1. The number of furan rings is 1. The van der Waals surface area contributed by atoms with Gasteiger partial charge in [0.15, 0.2) is 5.58 Å². The number of hydrogen-bond acceptors (Lipinski definition) is 3. The summed E-state index contributed by atoms with van der Waals surface area (Å²) in [6.45, 7) is 4.80. The second-order valence-corrected chi connectivity index (χ2v) is 4.57. The van der Waals surface area contributed by atoms with Gasteiger partial charge in [0, 0.05) is 37.1 Å². The minimum atomic E-state index is -0.208. The molecule has 1 aromatic heterocycles. The van der Waals surface area contributed by atoms with Gasteiger partial charge in [0.1, 0.15) is 5.82 Å². The van der Waals surface area contributed by atoms with E-state index in [9.17, 15) is 4.39 Å². The van der Waals surface area contributed by atoms with Gasteiger partial charge in [-0.25, -0.2) is 4.39 Å². The standard InChI is InChI=1S/C13H15FN2O.ClH/c1-9-8-16(4-3-15-9)12-7-11(14)6-10-2-5-17-13(10)12;/h2,5-7,9,15H,3-4,8H2,1H3;1H/t9-;/m0./s1. The number of benzene rings is 1. The number of rotatable bonds is 1. The average molecular weight is 271 g/mol. The lowest BCUT2D eigenvalue weighted by Crippen LogP contribution is -2.49. The Morgan fingerprint density at radius 3 is 3.06 bits per heavy atom. The van der Waals surface area contributed by atoms with Gasteiger partial charge < -0.3 is 14.6 Å². The second kappa shape index (κ2) is 5.16. The fraction of sp³-hybridized carbons (Fsp3) is 0.385. The van der Waals surface area contributed by atoms with Gasteiger partial charge in [-0.15, -0.1) is 12.4 Å². The van der Waals surface area contributed by atoms with E-state index in [1.165, 1.54) is 6.07 Å². The third-order valence-corrected chi connectivity index (χ3v) is 3.21. The van der Waals surface area contributed by atoms with E-state index in [0.717, 1.165) is 36.3 Å². The van der Waals surface area contributed by atoms with Crippen LogP contribution in [0, 0.1) is 5.82 Å². The Morgan fingerprint density at radius 2 is 2.28 bits per heavy atom. The first-order valence-corrected chi connectivity index (χ1v) is 5.89. The van der Waals surface area contributed by atoms with Crippen LogP contribution in [-0.4, -0.2) is 25.7 Å². The third-order valence-electron chi connectivity index (χ3n) is 3.21. The van der Waals surface area contributed by atoms with Crippen molar-refractivity contribution in [3.05, 3.63) is 30.3 Å². The van der Waals surface area contributed by atoms with E-state index in [4.69, 9.17) is 4.42 Å². The number of anilines is 1. The van der Waals surface area contributed by atoms with Crippen LogP contribution in [-0.2, 0) is 0 Å². The smallest absolute Gasteiger partial charge is 0.157 e. The van der Waals surface area contributed by atoms with E-state index in [-0.39, 0.29) is 18.2 Å². The lowest BCUT2D eigenvalue weighted by molar-refractivity contribution is 0.482. The summed E-state index contributed by atoms with van der Waals surface area (Å²) in [5.74, 6) is -0.208. The maximum Gasteiger partial charge on any atom is 0.157 e. The van der Waals surface area contributed by atoms with Crippen LogP contribution in [0.5, 0.6) is 0 Å². The van der Waals surface area contributed by atoms with Crippen LogP contribution in [0.2, 0.25) is 0 Å². The van der Waals surface area contributed by atoms with Crippen molar-refractivity contribution in [1.29, 1.82) is 0 Å². The highest BCUT2D eigenvalue weighted by atomic mass is 35.5. The molecular formula is C13H16ClFN2O. The van der Waals surface area contributed by atoms with Crippen LogP contribution in [0.25, 0.3) is 11.0 Å². The fourth-order valence-electron chi connectivity index (χ4n) is 2.41. The van der Waals surface area contributed by atoms with Crippen molar-refractivity contribution < 1.29 is 8.81 Å². The first-order valence-electron chi connectivity index (χ1n) is 5.89. The largest absolute Gasteiger partial charge is 0.462 e. The molecule has 1 aliphatic heterocycles. The zero-order valence-corrected chi connectivity index (χ0v) is 11.0. The van der Waals surface area contributed by atoms with Gasteiger partial charge in [-0.2, -0.15) is 0 Å². The Labute approximate surface area is 111 Å². The Morgan fingerprint density at radius 1 is 1.44 bits per heavy atom. The first kappa shape index (κ1) is 13.2. The van der Waals surface area contributed by atoms with E-state index in [1.54, 1.807) is 18.4 Å². The van der Waals surface area contributed by atoms with E-state index < -0.39 is 0 Å². The third kappa shape index (κ3) is 2.31. The minimum Gasteiger partial charge on any atom is -0.462 e. The molecule has 18 heavy (non-hydrogen) atoms. The van der Waals surface area contributed by atoms with Gasteiger partial charge >= 0.3 is 0 Å². The number of nitrogens with one attached hydrogen (secondary N) is 1. The molecular weight excluding hydrogens is 255 g/mol. The highest BCUT2D eigenvalue weighted by molar-refractivity contribution is 5.89. The van der Waals surface area contributed by atoms with Crippen LogP contribution in [0.15, 0.2) is 28.9 Å². The molecule has 3 rings (SSSR count). The Bertz CT molecular complexity index is 543. The SMILES string of the molecule is C[C@H]1CN(c2cc(F)cc3ccoc23)CCN1.Cl. The lowest BCUT2D eigenvalue weighted by atomic mass is 10.1. The van der Waals surface area contributed by atoms with Crippen molar-refractivity contribution in [2.75, 3.05) is 24.5 Å². The van der Waals surface area contributed by atoms with E-state index >= 15 is 0 Å². The fourth-order valence-corrected chi connectivity index (χ4v) is 2.41. The molecule has 1 fully saturated rings. The maximum atomic E-state index is 13.5. The minimum absolute atomic E-state index is 0. The Balaban J connectivity index is 0.00000120. The predicted molar refractivity (Wildman–Crippen MR) is 73.1 cm³/mol. The zero-order valence-electron chi connectivity index (χ0n) is 10.1. The molecule has 0 unspecified atom stereocenters. The summed E-state index contributed by atoms with van der Waals surface area (Å²) >= 11 is 0. The molecule has 0 bridgehead atoms. The van der Waals surface area contributed by atoms with E-state index in [2.05, 4.69) is 17.1 Å². The molecule has 1 N–H and O–H groups in total. The van der Waals surface area contributed by atoms with Crippen LogP contribution in [0.1, 0.15) is 6.92 Å². The summed E-state index contributed by atoms with van der Waals surface area (Å²) in [7, 11) is 0. The zero-order chi connectivity index (χ0) is 11.8. The van der Waals surface area contributed by atoms with Gasteiger partial charge in [-0.1, -0.05) is 0 Å². The molecule has 98 valence electrons. The molecule has 2 heterocycles. The van der Waals surface area contributed by atoms with Crippen LogP contribution >= 0.6 is 12.4 Å². The number of nitrogens with zero attached hydrogens (tertiary/aromatic N) is 1. The van der Waals surface area contributed by atoms with Gasteiger partial charge in [0.2, 0.25) is 0 Å². The van der Waals surface area contributed by atoms with Crippen molar-refractivity contribution in [2.24, 2.45) is 0 Å². The van der Waals surface area contributed by atoms with Crippen LogP contribution in [0.4, 0.5) is 10.1 Å². The molecule has 1 aliphatic rings. The molecule has 1 aromatic carbocycles. The molecule has 5 heteroatoms. The van der Waals surface area contributed by atoms with Crippen molar-refractivity contribution in [1.82, 2.24) is 5.32 Å². The van der Waals surface area contributed by atoms with Crippen molar-refractivity contribution in [3.63, 3.8) is 0 Å². The number of hydrogen-bond donors (Lipinski definition) is 1.